The molecule has 1 atom stereocenters. The van der Waals surface area contributed by atoms with Gasteiger partial charge in [0.25, 0.3) is 0 Å². The number of hydrogen-bond acceptors (Lipinski definition) is 5. The van der Waals surface area contributed by atoms with Gasteiger partial charge in [-0.3, -0.25) is 4.98 Å². The van der Waals surface area contributed by atoms with Gasteiger partial charge in [0.2, 0.25) is 0 Å². The van der Waals surface area contributed by atoms with Gasteiger partial charge in [0.05, 0.1) is 0 Å². The normalized spacial score (nSPS) is 19.0. The zero-order valence-electron chi connectivity index (χ0n) is 13.1. The molecule has 0 saturated carbocycles. The van der Waals surface area contributed by atoms with Crippen molar-refractivity contribution in [1.29, 1.82) is 0 Å². The molecule has 116 valence electrons. The highest BCUT2D eigenvalue weighted by Gasteiger charge is 2.19. The van der Waals surface area contributed by atoms with Crippen molar-refractivity contribution in [2.75, 3.05) is 25.0 Å². The van der Waals surface area contributed by atoms with Crippen LogP contribution >= 0.6 is 0 Å². The Balaban J connectivity index is 1.51. The van der Waals surface area contributed by atoms with Crippen LogP contribution < -0.4 is 5.32 Å². The highest BCUT2D eigenvalue weighted by atomic mass is 15.2. The van der Waals surface area contributed by atoms with E-state index >= 15 is 0 Å². The number of aromatic nitrogens is 3. The van der Waals surface area contributed by atoms with Crippen LogP contribution in [-0.2, 0) is 6.42 Å². The zero-order valence-corrected chi connectivity index (χ0v) is 13.1. The first-order valence-corrected chi connectivity index (χ1v) is 7.97. The Bertz CT molecular complexity index is 587. The molecule has 0 bridgehead atoms. The van der Waals surface area contributed by atoms with Gasteiger partial charge in [-0.2, -0.15) is 0 Å². The lowest BCUT2D eigenvalue weighted by molar-refractivity contribution is 0.218. The average molecular weight is 297 g/mol. The van der Waals surface area contributed by atoms with Crippen molar-refractivity contribution in [3.8, 4) is 0 Å². The van der Waals surface area contributed by atoms with Crippen molar-refractivity contribution >= 4 is 5.82 Å². The lowest BCUT2D eigenvalue weighted by Crippen LogP contribution is -2.43. The van der Waals surface area contributed by atoms with Gasteiger partial charge in [0.15, 0.2) is 0 Å². The highest BCUT2D eigenvalue weighted by molar-refractivity contribution is 5.35. The summed E-state index contributed by atoms with van der Waals surface area (Å²) < 4.78 is 0. The first-order valence-electron chi connectivity index (χ1n) is 7.97. The molecular formula is C17H23N5. The largest absolute Gasteiger partial charge is 0.366 e. The molecule has 1 aliphatic heterocycles. The number of rotatable bonds is 5. The lowest BCUT2D eigenvalue weighted by Gasteiger charge is -2.33. The molecule has 2 aromatic rings. The van der Waals surface area contributed by atoms with Gasteiger partial charge < -0.3 is 10.2 Å². The van der Waals surface area contributed by atoms with Gasteiger partial charge in [0, 0.05) is 49.2 Å². The second-order valence-electron chi connectivity index (χ2n) is 5.90. The van der Waals surface area contributed by atoms with E-state index in [0.717, 1.165) is 31.0 Å². The van der Waals surface area contributed by atoms with E-state index < -0.39 is 0 Å². The molecule has 3 rings (SSSR count). The molecular weight excluding hydrogens is 274 g/mol. The Labute approximate surface area is 131 Å². The summed E-state index contributed by atoms with van der Waals surface area (Å²) >= 11 is 0. The van der Waals surface area contributed by atoms with Crippen LogP contribution in [0.5, 0.6) is 0 Å². The third-order valence-corrected chi connectivity index (χ3v) is 4.07. The van der Waals surface area contributed by atoms with E-state index in [1.54, 1.807) is 6.33 Å². The van der Waals surface area contributed by atoms with Crippen LogP contribution in [0.25, 0.3) is 0 Å². The first-order chi connectivity index (χ1) is 10.8. The molecule has 0 amide bonds. The third kappa shape index (κ3) is 4.24. The maximum absolute atomic E-state index is 4.40. The Morgan fingerprint density at radius 3 is 3.05 bits per heavy atom. The predicted octanol–water partition coefficient (Wildman–Crippen LogP) is 2.30. The van der Waals surface area contributed by atoms with Gasteiger partial charge >= 0.3 is 0 Å². The minimum Gasteiger partial charge on any atom is -0.366 e. The van der Waals surface area contributed by atoms with E-state index in [1.807, 2.05) is 25.3 Å². The minimum absolute atomic E-state index is 0.465. The summed E-state index contributed by atoms with van der Waals surface area (Å²) in [6.45, 7) is 5.30. The van der Waals surface area contributed by atoms with Gasteiger partial charge in [-0.15, -0.1) is 0 Å². The molecule has 22 heavy (non-hydrogen) atoms. The summed E-state index contributed by atoms with van der Waals surface area (Å²) in [6.07, 6.45) is 6.93. The molecule has 1 unspecified atom stereocenters. The summed E-state index contributed by atoms with van der Waals surface area (Å²) in [6, 6.07) is 8.59. The van der Waals surface area contributed by atoms with E-state index in [2.05, 4.69) is 37.3 Å². The molecule has 5 heteroatoms. The molecule has 0 radical (unpaired) electrons. The summed E-state index contributed by atoms with van der Waals surface area (Å²) in [5.74, 6) is 0.934. The second-order valence-corrected chi connectivity index (χ2v) is 5.90. The van der Waals surface area contributed by atoms with E-state index in [-0.39, 0.29) is 0 Å². The second kappa shape index (κ2) is 7.31. The topological polar surface area (TPSA) is 53.9 Å². The predicted molar refractivity (Wildman–Crippen MR) is 87.8 cm³/mol. The fraction of sp³-hybridized carbons (Fsp3) is 0.471. The van der Waals surface area contributed by atoms with Crippen LogP contribution in [0.3, 0.4) is 0 Å². The number of likely N-dealkylation sites (tertiary alicyclic amines) is 1. The highest BCUT2D eigenvalue weighted by Crippen LogP contribution is 2.15. The lowest BCUT2D eigenvalue weighted by atomic mass is 10.1. The zero-order chi connectivity index (χ0) is 15.2. The number of nitrogens with zero attached hydrogens (tertiary/aromatic N) is 4. The molecule has 1 N–H and O–H groups in total. The van der Waals surface area contributed by atoms with Gasteiger partial charge in [-0.05, 0) is 38.4 Å². The van der Waals surface area contributed by atoms with Gasteiger partial charge in [-0.1, -0.05) is 6.07 Å². The summed E-state index contributed by atoms with van der Waals surface area (Å²) in [5.41, 5.74) is 2.17. The summed E-state index contributed by atoms with van der Waals surface area (Å²) in [5, 5.41) is 3.54. The van der Waals surface area contributed by atoms with Crippen molar-refractivity contribution < 1.29 is 0 Å². The van der Waals surface area contributed by atoms with E-state index in [0.29, 0.717) is 6.04 Å². The average Bonchev–Trinajstić information content (AvgIpc) is 2.54. The van der Waals surface area contributed by atoms with Crippen LogP contribution in [-0.4, -0.2) is 45.5 Å². The van der Waals surface area contributed by atoms with Crippen molar-refractivity contribution in [2.45, 2.75) is 32.2 Å². The fourth-order valence-corrected chi connectivity index (χ4v) is 2.94. The standard InChI is InChI=1S/C17H23N5/c1-14-11-17(20-13-19-14)21-16-6-4-9-22(12-16)10-7-15-5-2-3-8-18-15/h2-3,5,8,11,13,16H,4,6-7,9-10,12H2,1H3,(H,19,20,21). The van der Waals surface area contributed by atoms with E-state index in [9.17, 15) is 0 Å². The Hall–Kier alpha value is -2.01. The van der Waals surface area contributed by atoms with Crippen LogP contribution in [0.2, 0.25) is 0 Å². The number of anilines is 1. The molecule has 0 aliphatic carbocycles. The first kappa shape index (κ1) is 14.9. The van der Waals surface area contributed by atoms with Gasteiger partial charge in [-0.25, -0.2) is 9.97 Å². The number of aryl methyl sites for hydroxylation is 1. The smallest absolute Gasteiger partial charge is 0.129 e. The summed E-state index contributed by atoms with van der Waals surface area (Å²) in [4.78, 5) is 15.4. The SMILES string of the molecule is Cc1cc(NC2CCCN(CCc3ccccn3)C2)ncn1. The molecule has 1 saturated heterocycles. The van der Waals surface area contributed by atoms with Crippen molar-refractivity contribution in [1.82, 2.24) is 19.9 Å². The van der Waals surface area contributed by atoms with Crippen LogP contribution in [0, 0.1) is 6.92 Å². The van der Waals surface area contributed by atoms with Crippen LogP contribution in [0.1, 0.15) is 24.2 Å². The molecule has 1 aliphatic rings. The van der Waals surface area contributed by atoms with Crippen LogP contribution in [0.15, 0.2) is 36.8 Å². The fourth-order valence-electron chi connectivity index (χ4n) is 2.94. The number of nitrogens with one attached hydrogen (secondary N) is 1. The minimum atomic E-state index is 0.465. The van der Waals surface area contributed by atoms with Crippen LogP contribution in [0.4, 0.5) is 5.82 Å². The van der Waals surface area contributed by atoms with Crippen molar-refractivity contribution in [3.05, 3.63) is 48.2 Å². The Morgan fingerprint density at radius 1 is 1.27 bits per heavy atom. The number of hydrogen-bond donors (Lipinski definition) is 1. The molecule has 1 fully saturated rings. The third-order valence-electron chi connectivity index (χ3n) is 4.07. The maximum Gasteiger partial charge on any atom is 0.129 e. The quantitative estimate of drug-likeness (QED) is 0.918. The number of pyridine rings is 1. The van der Waals surface area contributed by atoms with Crippen molar-refractivity contribution in [3.63, 3.8) is 0 Å². The van der Waals surface area contributed by atoms with Crippen molar-refractivity contribution in [2.24, 2.45) is 0 Å². The van der Waals surface area contributed by atoms with E-state index in [4.69, 9.17) is 0 Å². The Morgan fingerprint density at radius 2 is 2.23 bits per heavy atom. The van der Waals surface area contributed by atoms with Gasteiger partial charge in [0.1, 0.15) is 12.1 Å². The maximum atomic E-state index is 4.40. The molecule has 3 heterocycles. The molecule has 0 aromatic carbocycles. The summed E-state index contributed by atoms with van der Waals surface area (Å²) in [7, 11) is 0. The monoisotopic (exact) mass is 297 g/mol. The molecule has 0 spiro atoms. The van der Waals surface area contributed by atoms with E-state index in [1.165, 1.54) is 25.1 Å². The number of piperidine rings is 1. The molecule has 5 nitrogen and oxygen atoms in total. The Kier molecular flexibility index (Phi) is 4.96. The molecule has 2 aromatic heterocycles.